The molecule has 19 heavy (non-hydrogen) atoms. The third-order valence-electron chi connectivity index (χ3n) is 2.33. The van der Waals surface area contributed by atoms with Crippen LogP contribution in [0.3, 0.4) is 0 Å². The van der Waals surface area contributed by atoms with Crippen LogP contribution in [0.4, 0.5) is 10.1 Å². The van der Waals surface area contributed by atoms with E-state index in [9.17, 15) is 12.8 Å². The van der Waals surface area contributed by atoms with Crippen molar-refractivity contribution in [2.75, 3.05) is 4.72 Å². The maximum atomic E-state index is 13.3. The summed E-state index contributed by atoms with van der Waals surface area (Å²) in [6.07, 6.45) is 3.56. The predicted octanol–water partition coefficient (Wildman–Crippen LogP) is 0.875. The zero-order valence-corrected chi connectivity index (χ0v) is 10.6. The van der Waals surface area contributed by atoms with Crippen molar-refractivity contribution in [3.05, 3.63) is 48.2 Å². The summed E-state index contributed by atoms with van der Waals surface area (Å²) in [5.41, 5.74) is 5.91. The van der Waals surface area contributed by atoms with Gasteiger partial charge in [-0.05, 0) is 17.7 Å². The van der Waals surface area contributed by atoms with E-state index in [1.54, 1.807) is 6.07 Å². The molecule has 2 aromatic heterocycles. The van der Waals surface area contributed by atoms with Gasteiger partial charge in [-0.25, -0.2) is 9.37 Å². The lowest BCUT2D eigenvalue weighted by Gasteiger charge is -2.08. The van der Waals surface area contributed by atoms with Crippen molar-refractivity contribution in [3.8, 4) is 0 Å². The summed E-state index contributed by atoms with van der Waals surface area (Å²) in [6.45, 7) is 0.264. The number of halogens is 1. The van der Waals surface area contributed by atoms with Gasteiger partial charge in [0.1, 0.15) is 0 Å². The van der Waals surface area contributed by atoms with Crippen LogP contribution in [-0.4, -0.2) is 18.4 Å². The number of nitrogens with zero attached hydrogens (tertiary/aromatic N) is 2. The molecule has 6 nitrogen and oxygen atoms in total. The van der Waals surface area contributed by atoms with Gasteiger partial charge in [-0.1, -0.05) is 6.07 Å². The Morgan fingerprint density at radius 1 is 1.26 bits per heavy atom. The summed E-state index contributed by atoms with van der Waals surface area (Å²) in [5.74, 6) is -0.760. The Hall–Kier alpha value is -2.06. The van der Waals surface area contributed by atoms with Crippen LogP contribution in [-0.2, 0) is 16.6 Å². The number of nitrogens with two attached hydrogens (primary N) is 1. The molecule has 2 rings (SSSR count). The third kappa shape index (κ3) is 3.04. The van der Waals surface area contributed by atoms with E-state index < -0.39 is 15.8 Å². The molecule has 0 aliphatic carbocycles. The van der Waals surface area contributed by atoms with Crippen LogP contribution in [0.5, 0.6) is 0 Å². The van der Waals surface area contributed by atoms with Crippen molar-refractivity contribution in [1.29, 1.82) is 0 Å². The van der Waals surface area contributed by atoms with Crippen LogP contribution in [0.2, 0.25) is 0 Å². The second-order valence-electron chi connectivity index (χ2n) is 3.67. The number of pyridine rings is 2. The van der Waals surface area contributed by atoms with Crippen molar-refractivity contribution < 1.29 is 12.8 Å². The molecule has 0 aliphatic heterocycles. The Balaban J connectivity index is 2.30. The predicted molar refractivity (Wildman–Crippen MR) is 67.1 cm³/mol. The van der Waals surface area contributed by atoms with Crippen LogP contribution in [0.25, 0.3) is 0 Å². The highest BCUT2D eigenvalue weighted by molar-refractivity contribution is 7.92. The van der Waals surface area contributed by atoms with E-state index in [-0.39, 0.29) is 17.3 Å². The SMILES string of the molecule is NCc1ccc(S(=O)(=O)Nc2ccncc2F)nc1. The molecule has 0 aliphatic rings. The largest absolute Gasteiger partial charge is 0.326 e. The second-order valence-corrected chi connectivity index (χ2v) is 5.30. The van der Waals surface area contributed by atoms with Crippen molar-refractivity contribution in [2.45, 2.75) is 11.6 Å². The fourth-order valence-corrected chi connectivity index (χ4v) is 2.34. The summed E-state index contributed by atoms with van der Waals surface area (Å²) < 4.78 is 39.4. The molecule has 0 fully saturated rings. The van der Waals surface area contributed by atoms with E-state index in [1.165, 1.54) is 24.5 Å². The monoisotopic (exact) mass is 282 g/mol. The maximum absolute atomic E-state index is 13.3. The number of aromatic nitrogens is 2. The molecule has 0 atom stereocenters. The first kappa shape index (κ1) is 13.4. The summed E-state index contributed by atoms with van der Waals surface area (Å²) in [6, 6.07) is 4.08. The van der Waals surface area contributed by atoms with Crippen molar-refractivity contribution in [1.82, 2.24) is 9.97 Å². The molecule has 2 aromatic rings. The van der Waals surface area contributed by atoms with Crippen LogP contribution >= 0.6 is 0 Å². The van der Waals surface area contributed by atoms with Crippen molar-refractivity contribution >= 4 is 15.7 Å². The molecule has 100 valence electrons. The Labute approximate surface area is 109 Å². The van der Waals surface area contributed by atoms with Crippen molar-refractivity contribution in [3.63, 3.8) is 0 Å². The van der Waals surface area contributed by atoms with Gasteiger partial charge in [-0.3, -0.25) is 9.71 Å². The average molecular weight is 282 g/mol. The Morgan fingerprint density at radius 2 is 2.05 bits per heavy atom. The second kappa shape index (κ2) is 5.29. The lowest BCUT2D eigenvalue weighted by molar-refractivity contribution is 0.594. The first-order valence-electron chi connectivity index (χ1n) is 5.30. The maximum Gasteiger partial charge on any atom is 0.279 e. The lowest BCUT2D eigenvalue weighted by Crippen LogP contribution is -2.15. The van der Waals surface area contributed by atoms with Gasteiger partial charge < -0.3 is 5.73 Å². The zero-order chi connectivity index (χ0) is 13.9. The molecule has 0 radical (unpaired) electrons. The van der Waals surface area contributed by atoms with Gasteiger partial charge in [0.25, 0.3) is 10.0 Å². The number of hydrogen-bond acceptors (Lipinski definition) is 5. The number of sulfonamides is 1. The van der Waals surface area contributed by atoms with Gasteiger partial charge in [0.15, 0.2) is 10.8 Å². The minimum absolute atomic E-state index is 0.181. The highest BCUT2D eigenvalue weighted by atomic mass is 32.2. The minimum Gasteiger partial charge on any atom is -0.326 e. The van der Waals surface area contributed by atoms with Gasteiger partial charge in [-0.2, -0.15) is 8.42 Å². The zero-order valence-electron chi connectivity index (χ0n) is 9.75. The molecule has 0 saturated heterocycles. The number of nitrogens with one attached hydrogen (secondary N) is 1. The summed E-state index contributed by atoms with van der Waals surface area (Å²) in [4.78, 5) is 7.31. The Kier molecular flexibility index (Phi) is 3.72. The molecule has 0 unspecified atom stereocenters. The van der Waals surface area contributed by atoms with Crippen LogP contribution in [0.15, 0.2) is 41.8 Å². The van der Waals surface area contributed by atoms with E-state index >= 15 is 0 Å². The molecule has 0 saturated carbocycles. The van der Waals surface area contributed by atoms with E-state index in [4.69, 9.17) is 5.73 Å². The van der Waals surface area contributed by atoms with Crippen molar-refractivity contribution in [2.24, 2.45) is 5.73 Å². The summed E-state index contributed by atoms with van der Waals surface area (Å²) >= 11 is 0. The van der Waals surface area contributed by atoms with Gasteiger partial charge in [-0.15, -0.1) is 0 Å². The number of rotatable bonds is 4. The smallest absolute Gasteiger partial charge is 0.279 e. The highest BCUT2D eigenvalue weighted by Crippen LogP contribution is 2.16. The van der Waals surface area contributed by atoms with Gasteiger partial charge >= 0.3 is 0 Å². The van der Waals surface area contributed by atoms with Crippen LogP contribution in [0.1, 0.15) is 5.56 Å². The summed E-state index contributed by atoms with van der Waals surface area (Å²) in [5, 5.41) is -0.207. The van der Waals surface area contributed by atoms with Crippen LogP contribution < -0.4 is 10.5 Å². The fraction of sp³-hybridized carbons (Fsp3) is 0.0909. The first-order chi connectivity index (χ1) is 9.03. The van der Waals surface area contributed by atoms with Gasteiger partial charge in [0, 0.05) is 18.9 Å². The Morgan fingerprint density at radius 3 is 2.63 bits per heavy atom. The third-order valence-corrected chi connectivity index (χ3v) is 3.61. The van der Waals surface area contributed by atoms with E-state index in [0.717, 1.165) is 6.20 Å². The molecule has 8 heteroatoms. The molecule has 0 aromatic carbocycles. The van der Waals surface area contributed by atoms with Crippen LogP contribution in [0, 0.1) is 5.82 Å². The molecule has 0 bridgehead atoms. The van der Waals surface area contributed by atoms with E-state index in [0.29, 0.717) is 5.56 Å². The number of anilines is 1. The molecule has 0 spiro atoms. The topological polar surface area (TPSA) is 98.0 Å². The minimum atomic E-state index is -3.93. The van der Waals surface area contributed by atoms with E-state index in [1.807, 2.05) is 0 Å². The normalized spacial score (nSPS) is 11.3. The van der Waals surface area contributed by atoms with Gasteiger partial charge in [0.05, 0.1) is 11.9 Å². The first-order valence-corrected chi connectivity index (χ1v) is 6.78. The summed E-state index contributed by atoms with van der Waals surface area (Å²) in [7, 11) is -3.93. The lowest BCUT2D eigenvalue weighted by atomic mass is 10.3. The molecule has 2 heterocycles. The fourth-order valence-electron chi connectivity index (χ4n) is 1.35. The van der Waals surface area contributed by atoms with E-state index in [2.05, 4.69) is 14.7 Å². The molecular weight excluding hydrogens is 271 g/mol. The Bertz CT molecular complexity index is 673. The average Bonchev–Trinajstić information content (AvgIpc) is 2.41. The highest BCUT2D eigenvalue weighted by Gasteiger charge is 2.17. The quantitative estimate of drug-likeness (QED) is 0.867. The standard InChI is InChI=1S/C11H11FN4O2S/c12-9-7-14-4-3-10(9)16-19(17,18)11-2-1-8(5-13)6-15-11/h1-4,6-7H,5,13H2,(H,14,16). The van der Waals surface area contributed by atoms with Gasteiger partial charge in [0.2, 0.25) is 0 Å². The molecular formula is C11H11FN4O2S. The number of hydrogen-bond donors (Lipinski definition) is 2. The molecule has 3 N–H and O–H groups in total. The molecule has 0 amide bonds.